The Morgan fingerprint density at radius 3 is 2.48 bits per heavy atom. The second kappa shape index (κ2) is 8.19. The van der Waals surface area contributed by atoms with Crippen molar-refractivity contribution in [2.24, 2.45) is 0 Å². The van der Waals surface area contributed by atoms with Gasteiger partial charge in [0.05, 0.1) is 43.0 Å². The molecule has 0 saturated heterocycles. The molecule has 1 aromatic carbocycles. The number of carbonyl (C=O) groups excluding carboxylic acids is 2. The average molecular weight is 410 g/mol. The molecule has 3 rings (SSSR count). The highest BCUT2D eigenvalue weighted by molar-refractivity contribution is 7.17. The van der Waals surface area contributed by atoms with E-state index in [9.17, 15) is 9.59 Å². The second-order valence-electron chi connectivity index (χ2n) is 6.05. The fourth-order valence-electron chi connectivity index (χ4n) is 3.30. The molecule has 144 valence electrons. The number of hydrogen-bond acceptors (Lipinski definition) is 6. The maximum atomic E-state index is 13.1. The summed E-state index contributed by atoms with van der Waals surface area (Å²) in [6.07, 6.45) is 0.710. The number of carbonyl (C=O) groups is 2. The number of nitrogens with zero attached hydrogens (tertiary/aromatic N) is 1. The lowest BCUT2D eigenvalue weighted by atomic mass is 9.89. The van der Waals surface area contributed by atoms with E-state index in [0.717, 1.165) is 11.1 Å². The zero-order valence-electron chi connectivity index (χ0n) is 15.3. The Balaban J connectivity index is 2.03. The zero-order chi connectivity index (χ0) is 19.6. The van der Waals surface area contributed by atoms with E-state index in [4.69, 9.17) is 25.8 Å². The van der Waals surface area contributed by atoms with Crippen LogP contribution in [0.3, 0.4) is 0 Å². The highest BCUT2D eigenvalue weighted by Gasteiger charge is 2.34. The summed E-state index contributed by atoms with van der Waals surface area (Å²) in [5.74, 6) is 0.642. The average Bonchev–Trinajstić information content (AvgIpc) is 3.12. The monoisotopic (exact) mass is 409 g/mol. The lowest BCUT2D eigenvalue weighted by Crippen LogP contribution is -2.40. The van der Waals surface area contributed by atoms with E-state index in [1.165, 1.54) is 18.4 Å². The Labute approximate surface area is 166 Å². The van der Waals surface area contributed by atoms with Gasteiger partial charge in [0.1, 0.15) is 0 Å². The van der Waals surface area contributed by atoms with E-state index >= 15 is 0 Å². The normalized spacial score (nSPS) is 15.9. The van der Waals surface area contributed by atoms with Crippen molar-refractivity contribution >= 4 is 34.8 Å². The van der Waals surface area contributed by atoms with Crippen molar-refractivity contribution in [1.82, 2.24) is 4.90 Å². The summed E-state index contributed by atoms with van der Waals surface area (Å²) < 4.78 is 16.2. The molecule has 1 aliphatic rings. The molecule has 0 spiro atoms. The van der Waals surface area contributed by atoms with Crippen molar-refractivity contribution < 1.29 is 23.8 Å². The van der Waals surface area contributed by atoms with Gasteiger partial charge in [-0.15, -0.1) is 11.3 Å². The molecule has 0 bridgehead atoms. The fourth-order valence-corrected chi connectivity index (χ4v) is 4.30. The predicted octanol–water partition coefficient (Wildman–Crippen LogP) is 3.72. The smallest absolute Gasteiger partial charge is 0.307 e. The number of hydrogen-bond donors (Lipinski definition) is 0. The summed E-state index contributed by atoms with van der Waals surface area (Å²) in [5, 5.41) is 0. The summed E-state index contributed by atoms with van der Waals surface area (Å²) in [4.78, 5) is 27.3. The van der Waals surface area contributed by atoms with Crippen LogP contribution in [-0.2, 0) is 16.0 Å². The summed E-state index contributed by atoms with van der Waals surface area (Å²) in [6.45, 7) is 0.485. The van der Waals surface area contributed by atoms with Crippen molar-refractivity contribution in [1.29, 1.82) is 0 Å². The number of fused-ring (bicyclic) bond motifs is 1. The van der Waals surface area contributed by atoms with Gasteiger partial charge in [-0.25, -0.2) is 0 Å². The van der Waals surface area contributed by atoms with Gasteiger partial charge >= 0.3 is 5.97 Å². The van der Waals surface area contributed by atoms with Gasteiger partial charge in [0, 0.05) is 6.54 Å². The van der Waals surface area contributed by atoms with Gasteiger partial charge in [-0.3, -0.25) is 9.59 Å². The molecule has 0 aliphatic carbocycles. The lowest BCUT2D eigenvalue weighted by Gasteiger charge is -2.37. The number of ether oxygens (including phenoxy) is 3. The molecule has 0 N–H and O–H groups in total. The van der Waals surface area contributed by atoms with Crippen LogP contribution in [0.15, 0.2) is 24.3 Å². The number of amides is 1. The third kappa shape index (κ3) is 3.89. The van der Waals surface area contributed by atoms with Gasteiger partial charge in [0.2, 0.25) is 0 Å². The minimum atomic E-state index is -0.450. The minimum absolute atomic E-state index is 0.0594. The van der Waals surface area contributed by atoms with Gasteiger partial charge in [-0.05, 0) is 41.8 Å². The van der Waals surface area contributed by atoms with Crippen molar-refractivity contribution in [2.45, 2.75) is 18.9 Å². The first-order valence-electron chi connectivity index (χ1n) is 8.36. The topological polar surface area (TPSA) is 65.1 Å². The molecule has 0 saturated carbocycles. The van der Waals surface area contributed by atoms with Gasteiger partial charge in [0.15, 0.2) is 11.5 Å². The van der Waals surface area contributed by atoms with Gasteiger partial charge in [-0.1, -0.05) is 11.6 Å². The van der Waals surface area contributed by atoms with Crippen molar-refractivity contribution in [2.75, 3.05) is 27.9 Å². The van der Waals surface area contributed by atoms with Gasteiger partial charge < -0.3 is 19.1 Å². The predicted molar refractivity (Wildman–Crippen MR) is 103 cm³/mol. The van der Waals surface area contributed by atoms with E-state index in [-0.39, 0.29) is 18.3 Å². The summed E-state index contributed by atoms with van der Waals surface area (Å²) >= 11 is 7.21. The molecule has 0 unspecified atom stereocenters. The lowest BCUT2D eigenvalue weighted by molar-refractivity contribution is -0.141. The molecule has 6 nitrogen and oxygen atoms in total. The Morgan fingerprint density at radius 2 is 1.89 bits per heavy atom. The molecule has 0 radical (unpaired) electrons. The fraction of sp³-hybridized carbons (Fsp3) is 0.368. The number of benzene rings is 1. The van der Waals surface area contributed by atoms with E-state index < -0.39 is 6.04 Å². The summed E-state index contributed by atoms with van der Waals surface area (Å²) in [7, 11) is 4.47. The third-order valence-corrected chi connectivity index (χ3v) is 5.85. The van der Waals surface area contributed by atoms with Crippen LogP contribution in [0.4, 0.5) is 0 Å². The van der Waals surface area contributed by atoms with Crippen LogP contribution < -0.4 is 9.47 Å². The highest BCUT2D eigenvalue weighted by Crippen LogP contribution is 2.40. The molecule has 2 heterocycles. The van der Waals surface area contributed by atoms with Crippen molar-refractivity contribution in [3.05, 3.63) is 44.6 Å². The Kier molecular flexibility index (Phi) is 5.92. The number of halogens is 1. The summed E-state index contributed by atoms with van der Waals surface area (Å²) in [6, 6.07) is 6.69. The van der Waals surface area contributed by atoms with Crippen molar-refractivity contribution in [3.63, 3.8) is 0 Å². The quantitative estimate of drug-likeness (QED) is 0.704. The third-order valence-electron chi connectivity index (χ3n) is 4.64. The van der Waals surface area contributed by atoms with Crippen LogP contribution in [-0.4, -0.2) is 44.7 Å². The first-order chi connectivity index (χ1) is 13.0. The summed E-state index contributed by atoms with van der Waals surface area (Å²) in [5.41, 5.74) is 1.88. The van der Waals surface area contributed by atoms with Crippen molar-refractivity contribution in [3.8, 4) is 11.5 Å². The number of thiophene rings is 1. The molecular weight excluding hydrogens is 390 g/mol. The first-order valence-corrected chi connectivity index (χ1v) is 9.55. The van der Waals surface area contributed by atoms with Crippen LogP contribution in [0.25, 0.3) is 0 Å². The zero-order valence-corrected chi connectivity index (χ0v) is 16.9. The van der Waals surface area contributed by atoms with E-state index in [2.05, 4.69) is 0 Å². The van der Waals surface area contributed by atoms with Crippen LogP contribution in [0.5, 0.6) is 11.5 Å². The van der Waals surface area contributed by atoms with E-state index in [1.54, 1.807) is 31.3 Å². The molecule has 2 aromatic rings. The van der Waals surface area contributed by atoms with Crippen LogP contribution in [0.1, 0.15) is 33.3 Å². The molecule has 27 heavy (non-hydrogen) atoms. The number of esters is 1. The molecule has 1 atom stereocenters. The Morgan fingerprint density at radius 1 is 1.19 bits per heavy atom. The molecule has 1 aromatic heterocycles. The maximum Gasteiger partial charge on any atom is 0.307 e. The van der Waals surface area contributed by atoms with E-state index in [1.807, 2.05) is 12.1 Å². The molecule has 0 fully saturated rings. The maximum absolute atomic E-state index is 13.1. The minimum Gasteiger partial charge on any atom is -0.493 e. The van der Waals surface area contributed by atoms with Crippen LogP contribution in [0, 0.1) is 0 Å². The van der Waals surface area contributed by atoms with Gasteiger partial charge in [-0.2, -0.15) is 0 Å². The van der Waals surface area contributed by atoms with Gasteiger partial charge in [0.25, 0.3) is 5.91 Å². The van der Waals surface area contributed by atoms with Crippen LogP contribution in [0.2, 0.25) is 4.34 Å². The SMILES string of the molecule is COC(=O)C[C@@H]1c2cc(OC)c(OC)cc2CCN1C(=O)c1ccc(Cl)s1. The largest absolute Gasteiger partial charge is 0.493 e. The Bertz CT molecular complexity index is 866. The Hall–Kier alpha value is -2.25. The van der Waals surface area contributed by atoms with Crippen LogP contribution >= 0.6 is 22.9 Å². The molecular formula is C19H20ClNO5S. The first kappa shape index (κ1) is 19.5. The van der Waals surface area contributed by atoms with E-state index in [0.29, 0.717) is 33.7 Å². The molecule has 1 aliphatic heterocycles. The second-order valence-corrected chi connectivity index (χ2v) is 7.77. The standard InChI is InChI=1S/C19H20ClNO5S/c1-24-14-8-11-6-7-21(19(23)16-4-5-17(20)27-16)13(10-18(22)26-3)12(11)9-15(14)25-2/h4-5,8-9,13H,6-7,10H2,1-3H3/t13-/m1/s1. The number of methoxy groups -OCH3 is 3. The molecule has 1 amide bonds. The molecule has 8 heteroatoms. The highest BCUT2D eigenvalue weighted by atomic mass is 35.5. The number of rotatable bonds is 5.